The summed E-state index contributed by atoms with van der Waals surface area (Å²) in [6.45, 7) is 4.51. The van der Waals surface area contributed by atoms with Crippen molar-refractivity contribution in [3.05, 3.63) is 12.2 Å². The second kappa shape index (κ2) is 20.5. The Morgan fingerprint density at radius 1 is 0.846 bits per heavy atom. The zero-order valence-corrected chi connectivity index (χ0v) is 17.5. The van der Waals surface area contributed by atoms with Crippen LogP contribution >= 0.6 is 0 Å². The third-order valence-corrected chi connectivity index (χ3v) is 4.77. The first-order valence-corrected chi connectivity index (χ1v) is 11.2. The number of hydrogen-bond donors (Lipinski definition) is 1. The van der Waals surface area contributed by atoms with Gasteiger partial charge < -0.3 is 9.84 Å². The molecular weight excluding hydrogens is 324 g/mol. The quantitative estimate of drug-likeness (QED) is 0.156. The average Bonchev–Trinajstić information content (AvgIpc) is 2.63. The number of unbranched alkanes of at least 4 members (excludes halogenated alkanes) is 12. The molecule has 0 aromatic heterocycles. The van der Waals surface area contributed by atoms with Gasteiger partial charge in [-0.05, 0) is 32.6 Å². The fourth-order valence-corrected chi connectivity index (χ4v) is 3.12. The van der Waals surface area contributed by atoms with Gasteiger partial charge in [-0.1, -0.05) is 89.7 Å². The molecule has 0 heterocycles. The molecule has 26 heavy (non-hydrogen) atoms. The van der Waals surface area contributed by atoms with E-state index in [1.54, 1.807) is 0 Å². The zero-order chi connectivity index (χ0) is 19.3. The number of allylic oxidation sites excluding steroid dienone is 1. The van der Waals surface area contributed by atoms with E-state index in [0.29, 0.717) is 13.0 Å². The van der Waals surface area contributed by atoms with Crippen LogP contribution in [0.4, 0.5) is 0 Å². The van der Waals surface area contributed by atoms with Gasteiger partial charge in [0, 0.05) is 6.42 Å². The molecule has 3 heteroatoms. The van der Waals surface area contributed by atoms with Crippen LogP contribution in [0.25, 0.3) is 0 Å². The Morgan fingerprint density at radius 2 is 1.38 bits per heavy atom. The first kappa shape index (κ1) is 25.2. The molecule has 0 fully saturated rings. The molecule has 0 amide bonds. The first-order valence-electron chi connectivity index (χ1n) is 11.2. The minimum absolute atomic E-state index is 0.0457. The molecule has 0 radical (unpaired) electrons. The molecule has 1 atom stereocenters. The summed E-state index contributed by atoms with van der Waals surface area (Å²) in [5.41, 5.74) is 0. The number of rotatable bonds is 19. The first-order chi connectivity index (χ1) is 12.7. The van der Waals surface area contributed by atoms with Crippen LogP contribution in [0, 0.1) is 0 Å². The number of carbonyl (C=O) groups excluding carboxylic acids is 1. The highest BCUT2D eigenvalue weighted by atomic mass is 16.5. The van der Waals surface area contributed by atoms with Gasteiger partial charge in [0.1, 0.15) is 0 Å². The second-order valence-corrected chi connectivity index (χ2v) is 7.37. The molecule has 0 bridgehead atoms. The molecule has 0 saturated carbocycles. The van der Waals surface area contributed by atoms with Gasteiger partial charge in [0.05, 0.1) is 12.7 Å². The van der Waals surface area contributed by atoms with Crippen molar-refractivity contribution in [3.8, 4) is 0 Å². The summed E-state index contributed by atoms with van der Waals surface area (Å²) in [6.07, 6.45) is 22.7. The lowest BCUT2D eigenvalue weighted by Gasteiger charge is -2.04. The maximum absolute atomic E-state index is 11.2. The van der Waals surface area contributed by atoms with Crippen LogP contribution in [-0.2, 0) is 9.53 Å². The van der Waals surface area contributed by atoms with Crippen molar-refractivity contribution in [2.45, 2.75) is 123 Å². The van der Waals surface area contributed by atoms with E-state index in [-0.39, 0.29) is 12.1 Å². The summed E-state index contributed by atoms with van der Waals surface area (Å²) < 4.78 is 4.93. The van der Waals surface area contributed by atoms with Gasteiger partial charge >= 0.3 is 5.97 Å². The van der Waals surface area contributed by atoms with E-state index in [1.807, 2.05) is 13.0 Å². The predicted octanol–water partition coefficient (Wildman–Crippen LogP) is 6.73. The van der Waals surface area contributed by atoms with Gasteiger partial charge in [-0.25, -0.2) is 0 Å². The minimum atomic E-state index is -0.236. The summed E-state index contributed by atoms with van der Waals surface area (Å²) in [5, 5.41) is 9.71. The predicted molar refractivity (Wildman–Crippen MR) is 111 cm³/mol. The van der Waals surface area contributed by atoms with Crippen molar-refractivity contribution in [2.24, 2.45) is 0 Å². The number of aliphatic hydroxyl groups excluding tert-OH is 1. The Labute approximate surface area is 162 Å². The molecule has 154 valence electrons. The highest BCUT2D eigenvalue weighted by Gasteiger charge is 2.00. The smallest absolute Gasteiger partial charge is 0.305 e. The highest BCUT2D eigenvalue weighted by Crippen LogP contribution is 2.13. The molecule has 0 aliphatic carbocycles. The van der Waals surface area contributed by atoms with Crippen molar-refractivity contribution in [3.63, 3.8) is 0 Å². The summed E-state index contributed by atoms with van der Waals surface area (Å²) in [5.74, 6) is -0.0457. The molecule has 0 rings (SSSR count). The van der Waals surface area contributed by atoms with Crippen molar-refractivity contribution in [2.75, 3.05) is 6.61 Å². The summed E-state index contributed by atoms with van der Waals surface area (Å²) in [7, 11) is 0. The molecule has 1 N–H and O–H groups in total. The third kappa shape index (κ3) is 19.5. The maximum atomic E-state index is 11.2. The van der Waals surface area contributed by atoms with Crippen molar-refractivity contribution >= 4 is 5.97 Å². The van der Waals surface area contributed by atoms with Crippen LogP contribution in [-0.4, -0.2) is 23.8 Å². The lowest BCUT2D eigenvalue weighted by Crippen LogP contribution is -2.03. The monoisotopic (exact) mass is 368 g/mol. The van der Waals surface area contributed by atoms with Crippen molar-refractivity contribution < 1.29 is 14.6 Å². The summed E-state index contributed by atoms with van der Waals surface area (Å²) in [6, 6.07) is 0. The van der Waals surface area contributed by atoms with Crippen LogP contribution in [0.1, 0.15) is 117 Å². The van der Waals surface area contributed by atoms with Crippen LogP contribution in [0.2, 0.25) is 0 Å². The molecular formula is C23H44O3. The lowest BCUT2D eigenvalue weighted by atomic mass is 10.0. The van der Waals surface area contributed by atoms with Gasteiger partial charge in [0.15, 0.2) is 0 Å². The average molecular weight is 369 g/mol. The Hall–Kier alpha value is -0.830. The van der Waals surface area contributed by atoms with Crippen LogP contribution in [0.15, 0.2) is 12.2 Å². The van der Waals surface area contributed by atoms with E-state index in [0.717, 1.165) is 38.5 Å². The third-order valence-electron chi connectivity index (χ3n) is 4.77. The van der Waals surface area contributed by atoms with Crippen LogP contribution < -0.4 is 0 Å². The number of esters is 1. The Kier molecular flexibility index (Phi) is 19.8. The van der Waals surface area contributed by atoms with Gasteiger partial charge in [-0.3, -0.25) is 4.79 Å². The molecule has 0 saturated heterocycles. The van der Waals surface area contributed by atoms with E-state index >= 15 is 0 Å². The second-order valence-electron chi connectivity index (χ2n) is 7.37. The number of aliphatic hydroxyl groups is 1. The fourth-order valence-electron chi connectivity index (χ4n) is 3.12. The van der Waals surface area contributed by atoms with E-state index in [2.05, 4.69) is 13.0 Å². The van der Waals surface area contributed by atoms with E-state index in [4.69, 9.17) is 4.74 Å². The molecule has 0 aliphatic rings. The number of hydrogen-bond acceptors (Lipinski definition) is 3. The van der Waals surface area contributed by atoms with Gasteiger partial charge in [-0.2, -0.15) is 0 Å². The van der Waals surface area contributed by atoms with Gasteiger partial charge in [0.2, 0.25) is 0 Å². The highest BCUT2D eigenvalue weighted by molar-refractivity contribution is 5.69. The Morgan fingerprint density at radius 3 is 1.92 bits per heavy atom. The number of carbonyl (C=O) groups is 1. The standard InChI is InChI=1S/C23H44O3/c1-3-5-19-22(24)20-17-15-13-11-9-7-6-8-10-12-14-16-18-21-23(25)26-4-2/h17,20,22,24H,3-16,18-19,21H2,1-2H3/b20-17-/t22-/m1/s1. The normalized spacial score (nSPS) is 12.6. The summed E-state index contributed by atoms with van der Waals surface area (Å²) in [4.78, 5) is 11.2. The van der Waals surface area contributed by atoms with E-state index < -0.39 is 0 Å². The molecule has 0 unspecified atom stereocenters. The van der Waals surface area contributed by atoms with Crippen LogP contribution in [0.3, 0.4) is 0 Å². The summed E-state index contributed by atoms with van der Waals surface area (Å²) >= 11 is 0. The molecule has 0 spiro atoms. The van der Waals surface area contributed by atoms with E-state index in [9.17, 15) is 9.90 Å². The van der Waals surface area contributed by atoms with Gasteiger partial charge in [0.25, 0.3) is 0 Å². The topological polar surface area (TPSA) is 46.5 Å². The van der Waals surface area contributed by atoms with Crippen molar-refractivity contribution in [1.82, 2.24) is 0 Å². The van der Waals surface area contributed by atoms with Gasteiger partial charge in [-0.15, -0.1) is 0 Å². The minimum Gasteiger partial charge on any atom is -0.466 e. The van der Waals surface area contributed by atoms with E-state index in [1.165, 1.54) is 57.8 Å². The lowest BCUT2D eigenvalue weighted by molar-refractivity contribution is -0.143. The van der Waals surface area contributed by atoms with Crippen molar-refractivity contribution in [1.29, 1.82) is 0 Å². The molecule has 0 aliphatic heterocycles. The number of ether oxygens (including phenoxy) is 1. The Bertz CT molecular complexity index is 325. The largest absolute Gasteiger partial charge is 0.466 e. The molecule has 0 aromatic rings. The zero-order valence-electron chi connectivity index (χ0n) is 17.5. The fraction of sp³-hybridized carbons (Fsp3) is 0.870. The Balaban J connectivity index is 3.18. The SMILES string of the molecule is CCCC[C@@H](O)/C=C\CCCCCCCCCCCCCC(=O)OCC. The molecule has 3 nitrogen and oxygen atoms in total. The maximum Gasteiger partial charge on any atom is 0.305 e. The van der Waals surface area contributed by atoms with Crippen LogP contribution in [0.5, 0.6) is 0 Å². The molecule has 0 aromatic carbocycles.